The Morgan fingerprint density at radius 3 is 2.70 bits per heavy atom. The highest BCUT2D eigenvalue weighted by Crippen LogP contribution is 2.24. The molecule has 1 heterocycles. The Morgan fingerprint density at radius 1 is 1.35 bits per heavy atom. The standard InChI is InChI=1S/C15H21N3O2/c1-10-9-11(5-6-12(10)19-4)14-17-13(20-18-14)7-8-15(2,3)16/h5-6,9H,7-8,16H2,1-4H3. The van der Waals surface area contributed by atoms with Crippen molar-refractivity contribution in [1.29, 1.82) is 0 Å². The minimum absolute atomic E-state index is 0.231. The summed E-state index contributed by atoms with van der Waals surface area (Å²) in [6.45, 7) is 5.95. The van der Waals surface area contributed by atoms with Crippen molar-refractivity contribution in [3.8, 4) is 17.1 Å². The monoisotopic (exact) mass is 275 g/mol. The molecule has 0 fully saturated rings. The zero-order valence-corrected chi connectivity index (χ0v) is 12.4. The van der Waals surface area contributed by atoms with E-state index >= 15 is 0 Å². The van der Waals surface area contributed by atoms with Crippen molar-refractivity contribution in [3.05, 3.63) is 29.7 Å². The van der Waals surface area contributed by atoms with Crippen molar-refractivity contribution in [2.45, 2.75) is 39.2 Å². The fourth-order valence-corrected chi connectivity index (χ4v) is 1.92. The maximum absolute atomic E-state index is 5.95. The van der Waals surface area contributed by atoms with Crippen molar-refractivity contribution in [2.75, 3.05) is 7.11 Å². The average molecular weight is 275 g/mol. The molecule has 5 nitrogen and oxygen atoms in total. The van der Waals surface area contributed by atoms with Gasteiger partial charge in [-0.25, -0.2) is 0 Å². The molecule has 1 aromatic heterocycles. The third-order valence-corrected chi connectivity index (χ3v) is 3.10. The summed E-state index contributed by atoms with van der Waals surface area (Å²) in [5.41, 5.74) is 7.68. The molecule has 0 saturated carbocycles. The molecule has 5 heteroatoms. The van der Waals surface area contributed by atoms with Crippen molar-refractivity contribution >= 4 is 0 Å². The number of hydrogen-bond acceptors (Lipinski definition) is 5. The molecule has 2 aromatic rings. The van der Waals surface area contributed by atoms with Gasteiger partial charge in [-0.15, -0.1) is 0 Å². The quantitative estimate of drug-likeness (QED) is 0.908. The topological polar surface area (TPSA) is 74.2 Å². The van der Waals surface area contributed by atoms with Crippen LogP contribution in [-0.4, -0.2) is 22.8 Å². The van der Waals surface area contributed by atoms with E-state index in [0.29, 0.717) is 18.1 Å². The van der Waals surface area contributed by atoms with Gasteiger partial charge in [0, 0.05) is 17.5 Å². The predicted octanol–water partition coefficient (Wildman–Crippen LogP) is 2.72. The summed E-state index contributed by atoms with van der Waals surface area (Å²) in [5, 5.41) is 4.02. The average Bonchev–Trinajstić information content (AvgIpc) is 2.84. The number of nitrogens with two attached hydrogens (primary N) is 1. The lowest BCUT2D eigenvalue weighted by Crippen LogP contribution is -2.32. The van der Waals surface area contributed by atoms with Crippen LogP contribution < -0.4 is 10.5 Å². The Morgan fingerprint density at radius 2 is 2.10 bits per heavy atom. The van der Waals surface area contributed by atoms with Crippen molar-refractivity contribution in [2.24, 2.45) is 5.73 Å². The SMILES string of the molecule is COc1ccc(-c2noc(CCC(C)(C)N)n2)cc1C. The fraction of sp³-hybridized carbons (Fsp3) is 0.467. The van der Waals surface area contributed by atoms with Gasteiger partial charge in [0.05, 0.1) is 7.11 Å². The van der Waals surface area contributed by atoms with E-state index in [1.165, 1.54) is 0 Å². The van der Waals surface area contributed by atoms with Gasteiger partial charge >= 0.3 is 0 Å². The third kappa shape index (κ3) is 3.57. The Balaban J connectivity index is 2.14. The van der Waals surface area contributed by atoms with E-state index in [2.05, 4.69) is 10.1 Å². The largest absolute Gasteiger partial charge is 0.496 e. The van der Waals surface area contributed by atoms with E-state index in [1.54, 1.807) is 7.11 Å². The molecule has 0 unspecified atom stereocenters. The number of benzene rings is 1. The number of aromatic nitrogens is 2. The molecule has 0 aliphatic rings. The predicted molar refractivity (Wildman–Crippen MR) is 77.6 cm³/mol. The lowest BCUT2D eigenvalue weighted by Gasteiger charge is -2.16. The first-order chi connectivity index (χ1) is 9.39. The summed E-state index contributed by atoms with van der Waals surface area (Å²) < 4.78 is 10.5. The Hall–Kier alpha value is -1.88. The highest BCUT2D eigenvalue weighted by molar-refractivity contribution is 5.58. The van der Waals surface area contributed by atoms with Crippen molar-refractivity contribution in [3.63, 3.8) is 0 Å². The van der Waals surface area contributed by atoms with E-state index in [1.807, 2.05) is 39.0 Å². The minimum Gasteiger partial charge on any atom is -0.496 e. The molecule has 0 radical (unpaired) electrons. The van der Waals surface area contributed by atoms with E-state index < -0.39 is 0 Å². The van der Waals surface area contributed by atoms with E-state index in [-0.39, 0.29) is 5.54 Å². The summed E-state index contributed by atoms with van der Waals surface area (Å²) in [6, 6.07) is 5.82. The van der Waals surface area contributed by atoms with Gasteiger partial charge in [-0.1, -0.05) is 5.16 Å². The molecule has 20 heavy (non-hydrogen) atoms. The van der Waals surface area contributed by atoms with Gasteiger partial charge in [0.1, 0.15) is 5.75 Å². The Bertz CT molecular complexity index is 585. The summed E-state index contributed by atoms with van der Waals surface area (Å²) >= 11 is 0. The second-order valence-corrected chi connectivity index (χ2v) is 5.68. The Kier molecular flexibility index (Phi) is 4.09. The maximum Gasteiger partial charge on any atom is 0.227 e. The highest BCUT2D eigenvalue weighted by atomic mass is 16.5. The number of methoxy groups -OCH3 is 1. The second-order valence-electron chi connectivity index (χ2n) is 5.68. The van der Waals surface area contributed by atoms with Gasteiger partial charge in [0.15, 0.2) is 0 Å². The van der Waals surface area contributed by atoms with Gasteiger partial charge in [-0.05, 0) is 51.0 Å². The molecule has 0 bridgehead atoms. The van der Waals surface area contributed by atoms with Gasteiger partial charge < -0.3 is 15.0 Å². The van der Waals surface area contributed by atoms with Gasteiger partial charge in [0.25, 0.3) is 0 Å². The fourth-order valence-electron chi connectivity index (χ4n) is 1.92. The molecule has 0 saturated heterocycles. The van der Waals surface area contributed by atoms with Crippen LogP contribution in [0.15, 0.2) is 22.7 Å². The van der Waals surface area contributed by atoms with Crippen LogP contribution in [0.4, 0.5) is 0 Å². The normalized spacial score (nSPS) is 11.7. The highest BCUT2D eigenvalue weighted by Gasteiger charge is 2.15. The number of rotatable bonds is 5. The number of hydrogen-bond donors (Lipinski definition) is 1. The van der Waals surface area contributed by atoms with Crippen LogP contribution in [0.25, 0.3) is 11.4 Å². The first-order valence-electron chi connectivity index (χ1n) is 6.65. The molecule has 0 spiro atoms. The maximum atomic E-state index is 5.95. The summed E-state index contributed by atoms with van der Waals surface area (Å²) in [6.07, 6.45) is 1.49. The summed E-state index contributed by atoms with van der Waals surface area (Å²) in [4.78, 5) is 4.41. The first kappa shape index (κ1) is 14.5. The molecule has 0 aliphatic heterocycles. The molecular weight excluding hydrogens is 254 g/mol. The smallest absolute Gasteiger partial charge is 0.227 e. The lowest BCUT2D eigenvalue weighted by atomic mass is 10.0. The zero-order valence-electron chi connectivity index (χ0n) is 12.4. The van der Waals surface area contributed by atoms with E-state index in [9.17, 15) is 0 Å². The lowest BCUT2D eigenvalue weighted by molar-refractivity contribution is 0.358. The first-order valence-corrected chi connectivity index (χ1v) is 6.65. The van der Waals surface area contributed by atoms with Crippen LogP contribution in [0.5, 0.6) is 5.75 Å². The molecule has 1 aromatic carbocycles. The summed E-state index contributed by atoms with van der Waals surface area (Å²) in [7, 11) is 1.66. The minimum atomic E-state index is -0.231. The van der Waals surface area contributed by atoms with E-state index in [0.717, 1.165) is 23.3 Å². The molecule has 2 rings (SSSR count). The second kappa shape index (κ2) is 5.63. The van der Waals surface area contributed by atoms with Gasteiger partial charge in [-0.2, -0.15) is 4.98 Å². The number of ether oxygens (including phenoxy) is 1. The van der Waals surface area contributed by atoms with Crippen molar-refractivity contribution < 1.29 is 9.26 Å². The van der Waals surface area contributed by atoms with Crippen LogP contribution >= 0.6 is 0 Å². The zero-order chi connectivity index (χ0) is 14.8. The third-order valence-electron chi connectivity index (χ3n) is 3.10. The molecule has 0 amide bonds. The molecule has 108 valence electrons. The van der Waals surface area contributed by atoms with E-state index in [4.69, 9.17) is 15.0 Å². The van der Waals surface area contributed by atoms with Crippen LogP contribution in [0.2, 0.25) is 0 Å². The molecule has 0 aliphatic carbocycles. The molecule has 2 N–H and O–H groups in total. The molecule has 0 atom stereocenters. The van der Waals surface area contributed by atoms with Crippen molar-refractivity contribution in [1.82, 2.24) is 10.1 Å². The molecular formula is C15H21N3O2. The van der Waals surface area contributed by atoms with Crippen LogP contribution in [-0.2, 0) is 6.42 Å². The van der Waals surface area contributed by atoms with Crippen LogP contribution in [0.1, 0.15) is 31.7 Å². The Labute approximate surface area is 119 Å². The van der Waals surface area contributed by atoms with Gasteiger partial charge in [0.2, 0.25) is 11.7 Å². The van der Waals surface area contributed by atoms with Crippen LogP contribution in [0.3, 0.4) is 0 Å². The van der Waals surface area contributed by atoms with Gasteiger partial charge in [-0.3, -0.25) is 0 Å². The number of nitrogens with zero attached hydrogens (tertiary/aromatic N) is 2. The van der Waals surface area contributed by atoms with Crippen LogP contribution in [0, 0.1) is 6.92 Å². The number of aryl methyl sites for hydroxylation is 2. The summed E-state index contributed by atoms with van der Waals surface area (Å²) in [5.74, 6) is 2.06.